The van der Waals surface area contributed by atoms with Crippen molar-refractivity contribution in [3.63, 3.8) is 0 Å². The number of amides is 1. The number of nitrogens with zero attached hydrogens (tertiary/aromatic N) is 3. The maximum Gasteiger partial charge on any atom is 0.262 e. The average Bonchev–Trinajstić information content (AvgIpc) is 3.51. The Hall–Kier alpha value is -3.87. The molecule has 0 saturated heterocycles. The molecule has 8 bridgehead atoms. The number of carbonyl (C=O) groups is 1. The van der Waals surface area contributed by atoms with Crippen LogP contribution >= 0.6 is 22.7 Å². The first-order valence-corrected chi connectivity index (χ1v) is 14.2. The number of carbonyl (C=O) groups excluding carboxylic acids is 1. The Morgan fingerprint density at radius 2 is 1.89 bits per heavy atom. The van der Waals surface area contributed by atoms with Gasteiger partial charge in [0.05, 0.1) is 33.6 Å². The molecule has 4 aromatic heterocycles. The number of aryl methyl sites for hydroxylation is 1. The van der Waals surface area contributed by atoms with Crippen LogP contribution in [0, 0.1) is 6.92 Å². The number of pyridine rings is 1. The Bertz CT molecular complexity index is 1810. The van der Waals surface area contributed by atoms with Gasteiger partial charge >= 0.3 is 0 Å². The highest BCUT2D eigenvalue weighted by Crippen LogP contribution is 2.43. The number of benzene rings is 1. The number of sulfonamides is 1. The van der Waals surface area contributed by atoms with Gasteiger partial charge in [-0.1, -0.05) is 6.07 Å². The summed E-state index contributed by atoms with van der Waals surface area (Å²) in [5, 5.41) is 2.87. The highest BCUT2D eigenvalue weighted by molar-refractivity contribution is 7.92. The van der Waals surface area contributed by atoms with E-state index < -0.39 is 10.0 Å². The number of methoxy groups -OCH3 is 1. The Balaban J connectivity index is 1.59. The number of hydrogen-bond donors (Lipinski definition) is 2. The molecule has 37 heavy (non-hydrogen) atoms. The van der Waals surface area contributed by atoms with E-state index in [9.17, 15) is 13.2 Å². The first-order chi connectivity index (χ1) is 17.8. The lowest BCUT2D eigenvalue weighted by Crippen LogP contribution is -2.23. The van der Waals surface area contributed by atoms with Gasteiger partial charge in [0, 0.05) is 27.1 Å². The van der Waals surface area contributed by atoms with Gasteiger partial charge in [0.2, 0.25) is 5.88 Å². The minimum absolute atomic E-state index is 0.0508. The van der Waals surface area contributed by atoms with Crippen molar-refractivity contribution in [1.82, 2.24) is 20.3 Å². The smallest absolute Gasteiger partial charge is 0.262 e. The molecule has 0 fully saturated rings. The Morgan fingerprint density at radius 3 is 2.73 bits per heavy atom. The predicted molar refractivity (Wildman–Crippen MR) is 144 cm³/mol. The summed E-state index contributed by atoms with van der Waals surface area (Å²) in [6.45, 7) is 2.28. The van der Waals surface area contributed by atoms with Gasteiger partial charge in [-0.05, 0) is 48.9 Å². The summed E-state index contributed by atoms with van der Waals surface area (Å²) < 4.78 is 35.5. The second-order valence-corrected chi connectivity index (χ2v) is 12.2. The summed E-state index contributed by atoms with van der Waals surface area (Å²) in [5.74, 6) is -0.252. The van der Waals surface area contributed by atoms with Gasteiger partial charge in [0.1, 0.15) is 17.7 Å². The zero-order valence-corrected chi connectivity index (χ0v) is 22.1. The fourth-order valence-corrected chi connectivity index (χ4v) is 7.52. The van der Waals surface area contributed by atoms with Crippen LogP contribution in [0.15, 0.2) is 59.9 Å². The molecule has 0 spiro atoms. The fourth-order valence-electron chi connectivity index (χ4n) is 4.16. The van der Waals surface area contributed by atoms with Crippen LogP contribution in [-0.2, 0) is 16.6 Å². The third-order valence-electron chi connectivity index (χ3n) is 5.98. The van der Waals surface area contributed by atoms with E-state index in [-0.39, 0.29) is 27.9 Å². The molecular weight excluding hydrogens is 531 g/mol. The van der Waals surface area contributed by atoms with Gasteiger partial charge in [-0.3, -0.25) is 9.52 Å². The first-order valence-electron chi connectivity index (χ1n) is 11.1. The van der Waals surface area contributed by atoms with Crippen molar-refractivity contribution < 1.29 is 17.9 Å². The van der Waals surface area contributed by atoms with Gasteiger partial charge in [0.15, 0.2) is 0 Å². The van der Waals surface area contributed by atoms with Crippen LogP contribution in [0.5, 0.6) is 5.88 Å². The van der Waals surface area contributed by atoms with Crippen LogP contribution in [0.1, 0.15) is 20.8 Å². The van der Waals surface area contributed by atoms with E-state index in [2.05, 4.69) is 25.0 Å². The van der Waals surface area contributed by atoms with Gasteiger partial charge < -0.3 is 10.1 Å². The lowest BCUT2D eigenvalue weighted by Gasteiger charge is -2.13. The highest BCUT2D eigenvalue weighted by Gasteiger charge is 2.22. The van der Waals surface area contributed by atoms with Crippen molar-refractivity contribution in [1.29, 1.82) is 0 Å². The van der Waals surface area contributed by atoms with Crippen LogP contribution in [0.3, 0.4) is 0 Å². The molecule has 0 unspecified atom stereocenters. The summed E-state index contributed by atoms with van der Waals surface area (Å²) in [7, 11) is -2.63. The van der Waals surface area contributed by atoms with Crippen LogP contribution < -0.4 is 14.8 Å². The fraction of sp³-hybridized carbons (Fsp3) is 0.120. The molecule has 0 aliphatic carbocycles. The average molecular weight is 550 g/mol. The number of fused-ring (bicyclic) bond motifs is 9. The summed E-state index contributed by atoms with van der Waals surface area (Å²) in [4.78, 5) is 29.1. The Labute approximate surface area is 220 Å². The van der Waals surface area contributed by atoms with Gasteiger partial charge in [-0.2, -0.15) is 0 Å². The molecule has 1 aromatic carbocycles. The highest BCUT2D eigenvalue weighted by atomic mass is 32.2. The monoisotopic (exact) mass is 549 g/mol. The summed E-state index contributed by atoms with van der Waals surface area (Å²) in [6, 6.07) is 11.5. The summed E-state index contributed by atoms with van der Waals surface area (Å²) in [6.07, 6.45) is 3.19. The van der Waals surface area contributed by atoms with E-state index in [1.54, 1.807) is 24.7 Å². The Kier molecular flexibility index (Phi) is 5.66. The predicted octanol–water partition coefficient (Wildman–Crippen LogP) is 4.84. The first kappa shape index (κ1) is 23.5. The molecule has 186 valence electrons. The van der Waals surface area contributed by atoms with Crippen LogP contribution in [0.25, 0.3) is 31.2 Å². The minimum Gasteiger partial charge on any atom is -0.480 e. The van der Waals surface area contributed by atoms with Gasteiger partial charge in [-0.25, -0.2) is 23.4 Å². The number of hydrogen-bond acceptors (Lipinski definition) is 9. The van der Waals surface area contributed by atoms with E-state index in [1.165, 1.54) is 48.0 Å². The number of anilines is 1. The van der Waals surface area contributed by atoms with Gasteiger partial charge in [0.25, 0.3) is 15.9 Å². The van der Waals surface area contributed by atoms with Crippen molar-refractivity contribution >= 4 is 54.5 Å². The molecule has 6 rings (SSSR count). The molecule has 1 aliphatic heterocycles. The molecule has 9 nitrogen and oxygen atoms in total. The molecule has 12 heteroatoms. The molecule has 1 aliphatic rings. The van der Waals surface area contributed by atoms with Gasteiger partial charge in [-0.15, -0.1) is 22.7 Å². The lowest BCUT2D eigenvalue weighted by atomic mass is 10.1. The molecule has 2 N–H and O–H groups in total. The third kappa shape index (κ3) is 4.12. The molecule has 1 amide bonds. The van der Waals surface area contributed by atoms with E-state index in [4.69, 9.17) is 4.74 Å². The zero-order chi connectivity index (χ0) is 25.7. The molecule has 5 heterocycles. The maximum atomic E-state index is 13.3. The van der Waals surface area contributed by atoms with Crippen molar-refractivity contribution in [3.05, 3.63) is 71.0 Å². The molecule has 0 radical (unpaired) electrons. The molecule has 5 aromatic rings. The number of ether oxygens (including phenoxy) is 1. The number of rotatable bonds is 1. The van der Waals surface area contributed by atoms with E-state index in [0.29, 0.717) is 12.1 Å². The second-order valence-electron chi connectivity index (χ2n) is 8.32. The number of nitrogens with one attached hydrogen (secondary N) is 2. The molecule has 0 saturated carbocycles. The van der Waals surface area contributed by atoms with Crippen molar-refractivity contribution in [2.24, 2.45) is 0 Å². The Morgan fingerprint density at radius 1 is 1.03 bits per heavy atom. The third-order valence-corrected chi connectivity index (χ3v) is 9.77. The summed E-state index contributed by atoms with van der Waals surface area (Å²) >= 11 is 3.06. The quantitative estimate of drug-likeness (QED) is 0.307. The maximum absolute atomic E-state index is 13.3. The van der Waals surface area contributed by atoms with Crippen molar-refractivity contribution in [2.75, 3.05) is 11.8 Å². The topological polar surface area (TPSA) is 123 Å². The lowest BCUT2D eigenvalue weighted by molar-refractivity contribution is 0.0951. The van der Waals surface area contributed by atoms with Crippen molar-refractivity contribution in [2.45, 2.75) is 18.4 Å². The second kappa shape index (κ2) is 8.91. The molecular formula is C25H19N5O4S3. The van der Waals surface area contributed by atoms with Crippen LogP contribution in [0.4, 0.5) is 5.69 Å². The van der Waals surface area contributed by atoms with Crippen molar-refractivity contribution in [3.8, 4) is 26.9 Å². The normalized spacial score (nSPS) is 14.5. The van der Waals surface area contributed by atoms with Crippen LogP contribution in [0.2, 0.25) is 0 Å². The molecule has 0 atom stereocenters. The van der Waals surface area contributed by atoms with E-state index in [0.717, 1.165) is 36.1 Å². The van der Waals surface area contributed by atoms with Crippen LogP contribution in [-0.4, -0.2) is 36.4 Å². The number of thiophene rings is 2. The largest absolute Gasteiger partial charge is 0.480 e. The minimum atomic E-state index is -4.05. The van der Waals surface area contributed by atoms with E-state index >= 15 is 0 Å². The summed E-state index contributed by atoms with van der Waals surface area (Å²) in [5.41, 5.74) is 3.70. The number of aromatic nitrogens is 3. The SMILES string of the molecule is COc1ncc2cc1NS(=O)(=O)c1cccc(c1)C(=O)NCc1ccc(s1)-c1ncnc3c(C)c-2sc13. The standard InChI is InChI=1S/C25H19N5O4S3/c1-13-20-23-21(29-12-28-20)19-7-6-16(35-19)11-26-24(31)14-4-3-5-17(8-14)37(32,33)30-18-9-15(22(13)36-23)10-27-25(18)34-2/h3-10,12,30H,11H2,1-2H3,(H,26,31). The zero-order valence-electron chi connectivity index (χ0n) is 19.6. The van der Waals surface area contributed by atoms with E-state index in [1.807, 2.05) is 19.1 Å².